The van der Waals surface area contributed by atoms with Gasteiger partial charge in [-0.05, 0) is 17.2 Å². The minimum absolute atomic E-state index is 0.204. The van der Waals surface area contributed by atoms with Crippen molar-refractivity contribution in [1.82, 2.24) is 5.32 Å². The molecule has 7 heteroatoms. The van der Waals surface area contributed by atoms with E-state index in [9.17, 15) is 19.5 Å². The number of carbonyl (C=O) groups is 3. The van der Waals surface area contributed by atoms with Gasteiger partial charge in [0.2, 0.25) is 0 Å². The number of carboxylic acid groups (broad SMARTS) is 1. The quantitative estimate of drug-likeness (QED) is 0.736. The molecular weight excluding hydrogens is 338 g/mol. The minimum Gasteiger partial charge on any atom is -0.496 e. The molecule has 0 aliphatic rings. The average molecular weight is 357 g/mol. The van der Waals surface area contributed by atoms with E-state index in [4.69, 9.17) is 9.47 Å². The molecule has 0 fully saturated rings. The smallest absolute Gasteiger partial charge is 0.329 e. The van der Waals surface area contributed by atoms with Crippen LogP contribution in [0.3, 0.4) is 0 Å². The molecule has 0 unspecified atom stereocenters. The van der Waals surface area contributed by atoms with E-state index in [-0.39, 0.29) is 5.56 Å². The van der Waals surface area contributed by atoms with Crippen molar-refractivity contribution in [3.8, 4) is 16.9 Å². The van der Waals surface area contributed by atoms with Crippen LogP contribution in [-0.2, 0) is 14.3 Å². The predicted octanol–water partition coefficient (Wildman–Crippen LogP) is 2.11. The van der Waals surface area contributed by atoms with Crippen LogP contribution in [0.25, 0.3) is 11.1 Å². The summed E-state index contributed by atoms with van der Waals surface area (Å²) in [6, 6.07) is 12.9. The number of aliphatic carboxylic acids is 1. The summed E-state index contributed by atoms with van der Waals surface area (Å²) in [5.74, 6) is -2.27. The van der Waals surface area contributed by atoms with Gasteiger partial charge in [-0.2, -0.15) is 0 Å². The number of rotatable bonds is 7. The van der Waals surface area contributed by atoms with Gasteiger partial charge in [-0.1, -0.05) is 42.5 Å². The Morgan fingerprint density at radius 3 is 2.35 bits per heavy atom. The van der Waals surface area contributed by atoms with E-state index in [0.29, 0.717) is 11.3 Å². The van der Waals surface area contributed by atoms with Crippen LogP contribution in [0.5, 0.6) is 5.75 Å². The number of amides is 1. The number of nitrogens with one attached hydrogen (secondary N) is 1. The molecule has 136 valence electrons. The molecule has 2 aromatic rings. The second-order valence-electron chi connectivity index (χ2n) is 5.42. The number of carbonyl (C=O) groups excluding carboxylic acids is 2. The highest BCUT2D eigenvalue weighted by Crippen LogP contribution is 2.30. The molecule has 0 bridgehead atoms. The molecule has 26 heavy (non-hydrogen) atoms. The molecule has 2 rings (SSSR count). The van der Waals surface area contributed by atoms with Crippen LogP contribution < -0.4 is 10.1 Å². The normalized spacial score (nSPS) is 11.3. The van der Waals surface area contributed by atoms with Crippen molar-refractivity contribution in [1.29, 1.82) is 0 Å². The van der Waals surface area contributed by atoms with E-state index >= 15 is 0 Å². The van der Waals surface area contributed by atoms with Gasteiger partial charge in [0, 0.05) is 6.92 Å². The Morgan fingerprint density at radius 1 is 1.08 bits per heavy atom. The zero-order valence-electron chi connectivity index (χ0n) is 14.4. The van der Waals surface area contributed by atoms with Crippen LogP contribution in [-0.4, -0.2) is 42.7 Å². The molecule has 7 nitrogen and oxygen atoms in total. The summed E-state index contributed by atoms with van der Waals surface area (Å²) in [6.45, 7) is 0.695. The third-order valence-corrected chi connectivity index (χ3v) is 3.61. The van der Waals surface area contributed by atoms with Crippen LogP contribution in [0.15, 0.2) is 48.5 Å². The highest BCUT2D eigenvalue weighted by Gasteiger charge is 2.25. The van der Waals surface area contributed by atoms with Gasteiger partial charge in [0.15, 0.2) is 6.04 Å². The fourth-order valence-electron chi connectivity index (χ4n) is 2.40. The molecule has 0 spiro atoms. The number of ether oxygens (including phenoxy) is 2. The van der Waals surface area contributed by atoms with Crippen molar-refractivity contribution in [3.63, 3.8) is 0 Å². The number of esters is 1. The Kier molecular flexibility index (Phi) is 6.32. The van der Waals surface area contributed by atoms with Gasteiger partial charge in [-0.15, -0.1) is 0 Å². The van der Waals surface area contributed by atoms with Crippen molar-refractivity contribution in [2.45, 2.75) is 13.0 Å². The third kappa shape index (κ3) is 4.60. The lowest BCUT2D eigenvalue weighted by Crippen LogP contribution is -2.44. The zero-order valence-corrected chi connectivity index (χ0v) is 14.4. The Morgan fingerprint density at radius 2 is 1.77 bits per heavy atom. The van der Waals surface area contributed by atoms with Gasteiger partial charge >= 0.3 is 11.9 Å². The van der Waals surface area contributed by atoms with Gasteiger partial charge in [0.25, 0.3) is 5.91 Å². The van der Waals surface area contributed by atoms with Crippen LogP contribution in [0.1, 0.15) is 17.3 Å². The highest BCUT2D eigenvalue weighted by atomic mass is 16.5. The molecule has 1 atom stereocenters. The molecule has 2 aromatic carbocycles. The number of hydrogen-bond acceptors (Lipinski definition) is 5. The molecular formula is C19H19NO6. The topological polar surface area (TPSA) is 102 Å². The maximum Gasteiger partial charge on any atom is 0.329 e. The molecule has 0 aliphatic carbocycles. The first-order valence-electron chi connectivity index (χ1n) is 7.83. The average Bonchev–Trinajstić information content (AvgIpc) is 2.64. The van der Waals surface area contributed by atoms with Crippen molar-refractivity contribution < 1.29 is 29.0 Å². The maximum atomic E-state index is 12.8. The largest absolute Gasteiger partial charge is 0.496 e. The fourth-order valence-corrected chi connectivity index (χ4v) is 2.40. The summed E-state index contributed by atoms with van der Waals surface area (Å²) < 4.78 is 9.98. The zero-order chi connectivity index (χ0) is 19.1. The summed E-state index contributed by atoms with van der Waals surface area (Å²) in [7, 11) is 1.43. The van der Waals surface area contributed by atoms with Crippen molar-refractivity contribution >= 4 is 17.8 Å². The summed E-state index contributed by atoms with van der Waals surface area (Å²) in [6.07, 6.45) is 0. The van der Waals surface area contributed by atoms with E-state index in [1.54, 1.807) is 18.2 Å². The highest BCUT2D eigenvalue weighted by molar-refractivity contribution is 6.04. The standard InChI is InChI=1S/C19H19NO6/c1-12(21)26-11-15(19(23)24)20-18(22)17-14(9-6-10-16(17)25-2)13-7-4-3-5-8-13/h3-10,15H,11H2,1-2H3,(H,20,22)(H,23,24)/t15-/m0/s1. The summed E-state index contributed by atoms with van der Waals surface area (Å²) in [5.41, 5.74) is 1.58. The fraction of sp³-hybridized carbons (Fsp3) is 0.211. The Balaban J connectivity index is 2.38. The van der Waals surface area contributed by atoms with E-state index in [0.717, 1.165) is 12.5 Å². The number of hydrogen-bond donors (Lipinski definition) is 2. The second-order valence-corrected chi connectivity index (χ2v) is 5.42. The summed E-state index contributed by atoms with van der Waals surface area (Å²) in [5, 5.41) is 11.6. The van der Waals surface area contributed by atoms with Crippen LogP contribution in [0.4, 0.5) is 0 Å². The molecule has 0 saturated heterocycles. The molecule has 1 amide bonds. The van der Waals surface area contributed by atoms with Gasteiger partial charge < -0.3 is 19.9 Å². The van der Waals surface area contributed by atoms with Gasteiger partial charge in [-0.25, -0.2) is 4.79 Å². The van der Waals surface area contributed by atoms with Crippen LogP contribution in [0, 0.1) is 0 Å². The van der Waals surface area contributed by atoms with Crippen molar-refractivity contribution in [2.24, 2.45) is 0 Å². The Labute approximate surface area is 150 Å². The summed E-state index contributed by atoms with van der Waals surface area (Å²) in [4.78, 5) is 35.1. The Bertz CT molecular complexity index is 803. The molecule has 2 N–H and O–H groups in total. The lowest BCUT2D eigenvalue weighted by molar-refractivity contribution is -0.146. The van der Waals surface area contributed by atoms with Crippen molar-refractivity contribution in [2.75, 3.05) is 13.7 Å². The molecule has 0 heterocycles. The SMILES string of the molecule is COc1cccc(-c2ccccc2)c1C(=O)N[C@@H](COC(C)=O)C(=O)O. The first-order valence-corrected chi connectivity index (χ1v) is 7.83. The number of carboxylic acids is 1. The Hall–Kier alpha value is -3.35. The monoisotopic (exact) mass is 357 g/mol. The summed E-state index contributed by atoms with van der Waals surface area (Å²) >= 11 is 0. The molecule has 0 radical (unpaired) electrons. The van der Waals surface area contributed by atoms with E-state index in [1.165, 1.54) is 7.11 Å². The minimum atomic E-state index is -1.38. The van der Waals surface area contributed by atoms with Crippen LogP contribution >= 0.6 is 0 Å². The molecule has 0 aromatic heterocycles. The number of methoxy groups -OCH3 is 1. The lowest BCUT2D eigenvalue weighted by atomic mass is 9.98. The predicted molar refractivity (Wildman–Crippen MR) is 94.0 cm³/mol. The first kappa shape index (κ1) is 19.0. The molecule has 0 aliphatic heterocycles. The van der Waals surface area contributed by atoms with Crippen LogP contribution in [0.2, 0.25) is 0 Å². The van der Waals surface area contributed by atoms with Gasteiger partial charge in [0.05, 0.1) is 12.7 Å². The second kappa shape index (κ2) is 8.66. The van der Waals surface area contributed by atoms with Crippen molar-refractivity contribution in [3.05, 3.63) is 54.1 Å². The van der Waals surface area contributed by atoms with E-state index in [2.05, 4.69) is 5.32 Å². The molecule has 0 saturated carbocycles. The van der Waals surface area contributed by atoms with Gasteiger partial charge in [-0.3, -0.25) is 9.59 Å². The number of benzene rings is 2. The van der Waals surface area contributed by atoms with Gasteiger partial charge in [0.1, 0.15) is 12.4 Å². The first-order chi connectivity index (χ1) is 12.4. The lowest BCUT2D eigenvalue weighted by Gasteiger charge is -2.18. The third-order valence-electron chi connectivity index (χ3n) is 3.61. The van der Waals surface area contributed by atoms with E-state index in [1.807, 2.05) is 30.3 Å². The maximum absolute atomic E-state index is 12.8. The van der Waals surface area contributed by atoms with E-state index < -0.39 is 30.5 Å².